The zero-order valence-corrected chi connectivity index (χ0v) is 9.39. The van der Waals surface area contributed by atoms with Crippen molar-refractivity contribution in [3.63, 3.8) is 0 Å². The Labute approximate surface area is 90.4 Å². The zero-order valence-electron chi connectivity index (χ0n) is 8.63. The van der Waals surface area contributed by atoms with Crippen LogP contribution in [0.5, 0.6) is 0 Å². The smallest absolute Gasteiger partial charge is 0.235 e. The van der Waals surface area contributed by atoms with Gasteiger partial charge >= 0.3 is 0 Å². The predicted molar refractivity (Wildman–Crippen MR) is 57.3 cm³/mol. The summed E-state index contributed by atoms with van der Waals surface area (Å²) in [4.78, 5) is 11.1. The Bertz CT molecular complexity index is 231. The van der Waals surface area contributed by atoms with Crippen molar-refractivity contribution >= 4 is 17.5 Å². The topological polar surface area (TPSA) is 29.1 Å². The van der Waals surface area contributed by atoms with Crippen LogP contribution in [0.15, 0.2) is 0 Å². The van der Waals surface area contributed by atoms with Gasteiger partial charge in [-0.2, -0.15) is 0 Å². The van der Waals surface area contributed by atoms with Crippen LogP contribution >= 0.6 is 11.6 Å². The summed E-state index contributed by atoms with van der Waals surface area (Å²) >= 11 is 5.47. The Hall–Kier alpha value is -0.240. The quantitative estimate of drug-likeness (QED) is 0.719. The van der Waals surface area contributed by atoms with Crippen molar-refractivity contribution in [1.82, 2.24) is 5.32 Å². The molecule has 0 unspecified atom stereocenters. The molecule has 1 amide bonds. The standard InChI is InChI=1S/C11H18ClNO/c1-7(13-11(14)6-12)10-5-8-2-3-9(10)4-8/h7-10H,2-6H2,1H3,(H,13,14)/t7-,8+,9+,10+/m0/s1. The molecule has 0 spiro atoms. The molecule has 0 aromatic heterocycles. The molecule has 2 saturated carbocycles. The summed E-state index contributed by atoms with van der Waals surface area (Å²) in [6.07, 6.45) is 5.49. The second kappa shape index (κ2) is 4.09. The van der Waals surface area contributed by atoms with Crippen molar-refractivity contribution in [1.29, 1.82) is 0 Å². The van der Waals surface area contributed by atoms with Gasteiger partial charge in [-0.1, -0.05) is 6.42 Å². The first-order valence-corrected chi connectivity index (χ1v) is 6.09. The highest BCUT2D eigenvalue weighted by molar-refractivity contribution is 6.27. The first-order chi connectivity index (χ1) is 6.70. The molecule has 0 radical (unpaired) electrons. The van der Waals surface area contributed by atoms with Gasteiger partial charge in [0, 0.05) is 6.04 Å². The predicted octanol–water partition coefficient (Wildman–Crippen LogP) is 2.17. The molecule has 0 aromatic rings. The van der Waals surface area contributed by atoms with E-state index in [1.807, 2.05) is 0 Å². The van der Waals surface area contributed by atoms with Crippen LogP contribution in [0.1, 0.15) is 32.6 Å². The maximum atomic E-state index is 11.1. The summed E-state index contributed by atoms with van der Waals surface area (Å²) in [5.41, 5.74) is 0. The average molecular weight is 216 g/mol. The molecule has 0 aromatic carbocycles. The number of fused-ring (bicyclic) bond motifs is 2. The van der Waals surface area contributed by atoms with E-state index in [0.717, 1.165) is 11.8 Å². The lowest BCUT2D eigenvalue weighted by molar-refractivity contribution is -0.119. The number of alkyl halides is 1. The Morgan fingerprint density at radius 3 is 2.79 bits per heavy atom. The van der Waals surface area contributed by atoms with E-state index in [2.05, 4.69) is 12.2 Å². The molecule has 0 heterocycles. The molecule has 2 nitrogen and oxygen atoms in total. The molecular formula is C11H18ClNO. The summed E-state index contributed by atoms with van der Waals surface area (Å²) in [6, 6.07) is 0.316. The van der Waals surface area contributed by atoms with E-state index in [1.165, 1.54) is 25.7 Å². The normalized spacial score (nSPS) is 37.1. The number of halogens is 1. The van der Waals surface area contributed by atoms with Gasteiger partial charge in [0.2, 0.25) is 5.91 Å². The summed E-state index contributed by atoms with van der Waals surface area (Å²) in [7, 11) is 0. The van der Waals surface area contributed by atoms with Gasteiger partial charge in [0.15, 0.2) is 0 Å². The maximum Gasteiger partial charge on any atom is 0.235 e. The van der Waals surface area contributed by atoms with Gasteiger partial charge in [0.1, 0.15) is 5.88 Å². The molecule has 1 N–H and O–H groups in total. The minimum Gasteiger partial charge on any atom is -0.352 e. The highest BCUT2D eigenvalue weighted by atomic mass is 35.5. The minimum atomic E-state index is -0.0260. The number of carbonyl (C=O) groups excluding carboxylic acids is 1. The van der Waals surface area contributed by atoms with Gasteiger partial charge < -0.3 is 5.32 Å². The molecule has 2 fully saturated rings. The fourth-order valence-electron chi connectivity index (χ4n) is 3.31. The molecule has 2 aliphatic carbocycles. The number of amides is 1. The number of hydrogen-bond donors (Lipinski definition) is 1. The molecule has 2 bridgehead atoms. The zero-order chi connectivity index (χ0) is 10.1. The van der Waals surface area contributed by atoms with Crippen LogP contribution in [0, 0.1) is 17.8 Å². The molecule has 2 rings (SSSR count). The van der Waals surface area contributed by atoms with Crippen molar-refractivity contribution in [2.24, 2.45) is 17.8 Å². The van der Waals surface area contributed by atoms with Crippen LogP contribution in [0.25, 0.3) is 0 Å². The van der Waals surface area contributed by atoms with Crippen LogP contribution in [0.4, 0.5) is 0 Å². The SMILES string of the molecule is C[C@H](NC(=O)CCl)[C@H]1C[C@@H]2CC[C@@H]1C2. The summed E-state index contributed by atoms with van der Waals surface area (Å²) in [5.74, 6) is 2.58. The van der Waals surface area contributed by atoms with Crippen LogP contribution in [-0.4, -0.2) is 17.8 Å². The largest absolute Gasteiger partial charge is 0.352 e. The highest BCUT2D eigenvalue weighted by Gasteiger charge is 2.41. The number of rotatable bonds is 3. The lowest BCUT2D eigenvalue weighted by Gasteiger charge is -2.28. The van der Waals surface area contributed by atoms with E-state index in [4.69, 9.17) is 11.6 Å². The van der Waals surface area contributed by atoms with Gasteiger partial charge in [0.25, 0.3) is 0 Å². The molecule has 0 saturated heterocycles. The molecule has 3 heteroatoms. The second-order valence-electron chi connectivity index (χ2n) is 4.83. The monoisotopic (exact) mass is 215 g/mol. The lowest BCUT2D eigenvalue weighted by atomic mass is 9.84. The van der Waals surface area contributed by atoms with E-state index in [-0.39, 0.29) is 11.8 Å². The van der Waals surface area contributed by atoms with Crippen molar-refractivity contribution in [3.05, 3.63) is 0 Å². The van der Waals surface area contributed by atoms with Gasteiger partial charge in [-0.05, 0) is 43.9 Å². The highest BCUT2D eigenvalue weighted by Crippen LogP contribution is 2.49. The summed E-state index contributed by atoms with van der Waals surface area (Å²) in [6.45, 7) is 2.12. The lowest BCUT2D eigenvalue weighted by Crippen LogP contribution is -2.40. The van der Waals surface area contributed by atoms with Gasteiger partial charge in [-0.25, -0.2) is 0 Å². The Morgan fingerprint density at radius 2 is 2.29 bits per heavy atom. The average Bonchev–Trinajstić information content (AvgIpc) is 2.78. The van der Waals surface area contributed by atoms with Gasteiger partial charge in [-0.15, -0.1) is 11.6 Å². The molecule has 80 valence electrons. The third-order valence-corrected chi connectivity index (χ3v) is 4.19. The molecule has 0 aliphatic heterocycles. The maximum absolute atomic E-state index is 11.1. The Kier molecular flexibility index (Phi) is 3.01. The molecule has 14 heavy (non-hydrogen) atoms. The van der Waals surface area contributed by atoms with Crippen molar-refractivity contribution in [3.8, 4) is 0 Å². The van der Waals surface area contributed by atoms with Crippen LogP contribution < -0.4 is 5.32 Å². The summed E-state index contributed by atoms with van der Waals surface area (Å²) < 4.78 is 0. The Balaban J connectivity index is 1.86. The van der Waals surface area contributed by atoms with E-state index in [9.17, 15) is 4.79 Å². The molecular weight excluding hydrogens is 198 g/mol. The minimum absolute atomic E-state index is 0.0260. The van der Waals surface area contributed by atoms with E-state index < -0.39 is 0 Å². The van der Waals surface area contributed by atoms with Crippen LogP contribution in [0.3, 0.4) is 0 Å². The van der Waals surface area contributed by atoms with E-state index in [1.54, 1.807) is 0 Å². The van der Waals surface area contributed by atoms with E-state index in [0.29, 0.717) is 12.0 Å². The van der Waals surface area contributed by atoms with Crippen LogP contribution in [0.2, 0.25) is 0 Å². The van der Waals surface area contributed by atoms with Crippen molar-refractivity contribution < 1.29 is 4.79 Å². The number of carbonyl (C=O) groups is 1. The second-order valence-corrected chi connectivity index (χ2v) is 5.10. The fraction of sp³-hybridized carbons (Fsp3) is 0.909. The van der Waals surface area contributed by atoms with Crippen molar-refractivity contribution in [2.75, 3.05) is 5.88 Å². The summed E-state index contributed by atoms with van der Waals surface area (Å²) in [5, 5.41) is 2.99. The first kappa shape index (κ1) is 10.3. The Morgan fingerprint density at radius 1 is 1.50 bits per heavy atom. The number of hydrogen-bond acceptors (Lipinski definition) is 1. The van der Waals surface area contributed by atoms with Gasteiger partial charge in [-0.3, -0.25) is 4.79 Å². The number of nitrogens with one attached hydrogen (secondary N) is 1. The van der Waals surface area contributed by atoms with Crippen molar-refractivity contribution in [2.45, 2.75) is 38.6 Å². The molecule has 4 atom stereocenters. The molecule has 2 aliphatic rings. The van der Waals surface area contributed by atoms with Gasteiger partial charge in [0.05, 0.1) is 0 Å². The fourth-order valence-corrected chi connectivity index (χ4v) is 3.38. The van der Waals surface area contributed by atoms with Crippen LogP contribution in [-0.2, 0) is 4.79 Å². The third-order valence-electron chi connectivity index (χ3n) is 3.95. The van der Waals surface area contributed by atoms with E-state index >= 15 is 0 Å². The first-order valence-electron chi connectivity index (χ1n) is 5.56. The third kappa shape index (κ3) is 1.90.